The molecular formula is C28H34N6O. The average molecular weight is 471 g/mol. The number of nitrogens with zero attached hydrogens (tertiary/aromatic N) is 6. The SMILES string of the molecule is Cc1cc(N2CCN(C)CC2)nc(N2CCN(C(=O)C(c3ccccc3)c3ccccc3)CC2)n1. The van der Waals surface area contributed by atoms with Gasteiger partial charge in [0.15, 0.2) is 0 Å². The number of aromatic nitrogens is 2. The molecule has 2 saturated heterocycles. The maximum atomic E-state index is 13.7. The van der Waals surface area contributed by atoms with Gasteiger partial charge in [0.05, 0.1) is 5.92 Å². The average Bonchev–Trinajstić information content (AvgIpc) is 2.90. The van der Waals surface area contributed by atoms with Crippen molar-refractivity contribution in [1.29, 1.82) is 0 Å². The van der Waals surface area contributed by atoms with Crippen molar-refractivity contribution in [2.75, 3.05) is 69.2 Å². The second-order valence-corrected chi connectivity index (χ2v) is 9.52. The molecule has 0 unspecified atom stereocenters. The van der Waals surface area contributed by atoms with Gasteiger partial charge in [0.25, 0.3) is 0 Å². The van der Waals surface area contributed by atoms with Crippen LogP contribution in [0.4, 0.5) is 11.8 Å². The van der Waals surface area contributed by atoms with Crippen molar-refractivity contribution in [1.82, 2.24) is 19.8 Å². The van der Waals surface area contributed by atoms with Crippen molar-refractivity contribution in [2.45, 2.75) is 12.8 Å². The molecular weight excluding hydrogens is 436 g/mol. The van der Waals surface area contributed by atoms with Gasteiger partial charge in [-0.05, 0) is 25.1 Å². The number of carbonyl (C=O) groups excluding carboxylic acids is 1. The molecule has 2 aliphatic rings. The van der Waals surface area contributed by atoms with Crippen molar-refractivity contribution in [3.63, 3.8) is 0 Å². The second-order valence-electron chi connectivity index (χ2n) is 9.52. The maximum absolute atomic E-state index is 13.7. The van der Waals surface area contributed by atoms with Crippen molar-refractivity contribution in [3.8, 4) is 0 Å². The predicted molar refractivity (Wildman–Crippen MR) is 140 cm³/mol. The standard InChI is InChI=1S/C28H34N6O/c1-22-21-25(32-15-13-31(2)14-16-32)30-28(29-22)34-19-17-33(18-20-34)27(35)26(23-9-5-3-6-10-23)24-11-7-4-8-12-24/h3-12,21,26H,13-20H2,1-2H3. The molecule has 0 saturated carbocycles. The third-order valence-corrected chi connectivity index (χ3v) is 7.04. The zero-order chi connectivity index (χ0) is 24.2. The summed E-state index contributed by atoms with van der Waals surface area (Å²) >= 11 is 0. The molecule has 0 aliphatic carbocycles. The quantitative estimate of drug-likeness (QED) is 0.572. The van der Waals surface area contributed by atoms with Crippen LogP contribution < -0.4 is 9.80 Å². The molecule has 0 bridgehead atoms. The van der Waals surface area contributed by atoms with Gasteiger partial charge in [0.2, 0.25) is 11.9 Å². The Kier molecular flexibility index (Phi) is 6.95. The molecule has 35 heavy (non-hydrogen) atoms. The summed E-state index contributed by atoms with van der Waals surface area (Å²) in [6.45, 7) is 8.87. The number of carbonyl (C=O) groups is 1. The fourth-order valence-electron chi connectivity index (χ4n) is 4.95. The zero-order valence-electron chi connectivity index (χ0n) is 20.7. The normalized spacial score (nSPS) is 17.2. The highest BCUT2D eigenvalue weighted by atomic mass is 16.2. The summed E-state index contributed by atoms with van der Waals surface area (Å²) in [4.78, 5) is 32.3. The minimum Gasteiger partial charge on any atom is -0.354 e. The van der Waals surface area contributed by atoms with Crippen LogP contribution in [0.1, 0.15) is 22.7 Å². The predicted octanol–water partition coefficient (Wildman–Crippen LogP) is 3.02. The van der Waals surface area contributed by atoms with Crippen LogP contribution >= 0.6 is 0 Å². The first-order chi connectivity index (χ1) is 17.1. The van der Waals surface area contributed by atoms with Crippen LogP contribution in [0, 0.1) is 6.92 Å². The van der Waals surface area contributed by atoms with Gasteiger partial charge in [0, 0.05) is 64.1 Å². The van der Waals surface area contributed by atoms with Crippen molar-refractivity contribution >= 4 is 17.7 Å². The Morgan fingerprint density at radius 3 is 1.86 bits per heavy atom. The topological polar surface area (TPSA) is 55.8 Å². The molecule has 1 aromatic heterocycles. The van der Waals surface area contributed by atoms with Crippen LogP contribution in [0.3, 0.4) is 0 Å². The van der Waals surface area contributed by atoms with Crippen LogP contribution in [0.5, 0.6) is 0 Å². The molecule has 2 aliphatic heterocycles. The van der Waals surface area contributed by atoms with Gasteiger partial charge in [-0.25, -0.2) is 4.98 Å². The number of hydrogen-bond donors (Lipinski definition) is 0. The Morgan fingerprint density at radius 2 is 1.29 bits per heavy atom. The van der Waals surface area contributed by atoms with Gasteiger partial charge >= 0.3 is 0 Å². The van der Waals surface area contributed by atoms with Crippen LogP contribution in [-0.2, 0) is 4.79 Å². The highest BCUT2D eigenvalue weighted by Gasteiger charge is 2.30. The Hall–Kier alpha value is -3.45. The molecule has 182 valence electrons. The number of rotatable bonds is 5. The van der Waals surface area contributed by atoms with E-state index in [1.165, 1.54) is 0 Å². The van der Waals surface area contributed by atoms with Gasteiger partial charge in [0.1, 0.15) is 5.82 Å². The van der Waals surface area contributed by atoms with E-state index in [0.717, 1.165) is 67.9 Å². The Labute approximate surface area is 208 Å². The number of anilines is 2. The largest absolute Gasteiger partial charge is 0.354 e. The molecule has 0 radical (unpaired) electrons. The molecule has 0 N–H and O–H groups in total. The molecule has 0 atom stereocenters. The Morgan fingerprint density at radius 1 is 0.743 bits per heavy atom. The third-order valence-electron chi connectivity index (χ3n) is 7.04. The van der Waals surface area contributed by atoms with Crippen LogP contribution in [-0.4, -0.2) is 85.1 Å². The van der Waals surface area contributed by atoms with E-state index in [2.05, 4.69) is 27.8 Å². The van der Waals surface area contributed by atoms with Crippen LogP contribution in [0.2, 0.25) is 0 Å². The fraction of sp³-hybridized carbons (Fsp3) is 0.393. The second kappa shape index (κ2) is 10.4. The van der Waals surface area contributed by atoms with Crippen LogP contribution in [0.25, 0.3) is 0 Å². The fourth-order valence-corrected chi connectivity index (χ4v) is 4.95. The molecule has 7 nitrogen and oxygen atoms in total. The van der Waals surface area contributed by atoms with E-state index >= 15 is 0 Å². The zero-order valence-corrected chi connectivity index (χ0v) is 20.7. The minimum absolute atomic E-state index is 0.158. The maximum Gasteiger partial charge on any atom is 0.234 e. The molecule has 3 heterocycles. The molecule has 0 spiro atoms. The summed E-state index contributed by atoms with van der Waals surface area (Å²) in [6.07, 6.45) is 0. The molecule has 7 heteroatoms. The number of aryl methyl sites for hydroxylation is 1. The smallest absolute Gasteiger partial charge is 0.234 e. The number of amides is 1. The van der Waals surface area contributed by atoms with Gasteiger partial charge in [-0.15, -0.1) is 0 Å². The highest BCUT2D eigenvalue weighted by molar-refractivity contribution is 5.87. The third kappa shape index (κ3) is 5.30. The first kappa shape index (κ1) is 23.3. The van der Waals surface area contributed by atoms with E-state index in [1.807, 2.05) is 72.5 Å². The summed E-state index contributed by atoms with van der Waals surface area (Å²) in [7, 11) is 2.16. The molecule has 3 aromatic rings. The minimum atomic E-state index is -0.289. The lowest BCUT2D eigenvalue weighted by Gasteiger charge is -2.37. The van der Waals surface area contributed by atoms with Gasteiger partial charge in [-0.1, -0.05) is 60.7 Å². The van der Waals surface area contributed by atoms with Crippen molar-refractivity contribution in [3.05, 3.63) is 83.6 Å². The summed E-state index contributed by atoms with van der Waals surface area (Å²) < 4.78 is 0. The van der Waals surface area contributed by atoms with E-state index in [4.69, 9.17) is 9.97 Å². The summed E-state index contributed by atoms with van der Waals surface area (Å²) in [5, 5.41) is 0. The lowest BCUT2D eigenvalue weighted by Crippen LogP contribution is -2.50. The first-order valence-electron chi connectivity index (χ1n) is 12.5. The molecule has 1 amide bonds. The summed E-state index contributed by atoms with van der Waals surface area (Å²) in [5.74, 6) is 1.65. The summed E-state index contributed by atoms with van der Waals surface area (Å²) in [6, 6.07) is 22.3. The lowest BCUT2D eigenvalue weighted by molar-refractivity contribution is -0.132. The summed E-state index contributed by atoms with van der Waals surface area (Å²) in [5.41, 5.74) is 3.05. The highest BCUT2D eigenvalue weighted by Crippen LogP contribution is 2.28. The molecule has 5 rings (SSSR count). The van der Waals surface area contributed by atoms with Gasteiger partial charge in [-0.2, -0.15) is 4.98 Å². The number of hydrogen-bond acceptors (Lipinski definition) is 6. The van der Waals surface area contributed by atoms with E-state index in [-0.39, 0.29) is 11.8 Å². The molecule has 2 fully saturated rings. The first-order valence-corrected chi connectivity index (χ1v) is 12.5. The van der Waals surface area contributed by atoms with E-state index in [9.17, 15) is 4.79 Å². The van der Waals surface area contributed by atoms with Crippen LogP contribution in [0.15, 0.2) is 66.7 Å². The van der Waals surface area contributed by atoms with E-state index in [0.29, 0.717) is 13.1 Å². The number of benzene rings is 2. The Bertz CT molecular complexity index is 1080. The number of likely N-dealkylation sites (N-methyl/N-ethyl adjacent to an activating group) is 1. The molecule has 2 aromatic carbocycles. The Balaban J connectivity index is 1.30. The van der Waals surface area contributed by atoms with Crippen molar-refractivity contribution in [2.24, 2.45) is 0 Å². The van der Waals surface area contributed by atoms with Gasteiger partial charge in [-0.3, -0.25) is 4.79 Å². The number of piperazine rings is 2. The van der Waals surface area contributed by atoms with E-state index < -0.39 is 0 Å². The monoisotopic (exact) mass is 470 g/mol. The lowest BCUT2D eigenvalue weighted by atomic mass is 9.90. The van der Waals surface area contributed by atoms with E-state index in [1.54, 1.807) is 0 Å². The van der Waals surface area contributed by atoms with Crippen molar-refractivity contribution < 1.29 is 4.79 Å². The van der Waals surface area contributed by atoms with Gasteiger partial charge < -0.3 is 19.6 Å².